The number of anilines is 1. The Balaban J connectivity index is 1.67. The summed E-state index contributed by atoms with van der Waals surface area (Å²) in [6, 6.07) is 9.70. The first kappa shape index (κ1) is 18.7. The molecule has 5 nitrogen and oxygen atoms in total. The summed E-state index contributed by atoms with van der Waals surface area (Å²) in [5.74, 6) is 0.757. The number of para-hydroxylation sites is 1. The summed E-state index contributed by atoms with van der Waals surface area (Å²) >= 11 is 6.20. The number of fused-ring (bicyclic) bond motifs is 1. The highest BCUT2D eigenvalue weighted by Gasteiger charge is 2.18. The molecule has 1 aliphatic rings. The van der Waals surface area contributed by atoms with Crippen molar-refractivity contribution in [3.63, 3.8) is 0 Å². The summed E-state index contributed by atoms with van der Waals surface area (Å²) in [7, 11) is 1.90. The van der Waals surface area contributed by atoms with Gasteiger partial charge in [-0.25, -0.2) is 0 Å². The quantitative estimate of drug-likeness (QED) is 0.862. The van der Waals surface area contributed by atoms with Crippen LogP contribution in [0.1, 0.15) is 22.3 Å². The van der Waals surface area contributed by atoms with Gasteiger partial charge >= 0.3 is 0 Å². The third-order valence-corrected chi connectivity index (χ3v) is 4.57. The van der Waals surface area contributed by atoms with Crippen LogP contribution in [0.2, 0.25) is 5.02 Å². The van der Waals surface area contributed by atoms with Gasteiger partial charge in [0.05, 0.1) is 13.2 Å². The Bertz CT molecular complexity index is 803. The predicted octanol–water partition coefficient (Wildman–Crippen LogP) is 3.89. The van der Waals surface area contributed by atoms with E-state index in [4.69, 9.17) is 21.1 Å². The molecule has 0 unspecified atom stereocenters. The van der Waals surface area contributed by atoms with Crippen LogP contribution >= 0.6 is 11.6 Å². The average Bonchev–Trinajstić information content (AvgIpc) is 2.58. The summed E-state index contributed by atoms with van der Waals surface area (Å²) in [6.45, 7) is 5.53. The Morgan fingerprint density at radius 1 is 1.27 bits per heavy atom. The number of hydrogen-bond acceptors (Lipinski definition) is 4. The van der Waals surface area contributed by atoms with Crippen molar-refractivity contribution < 1.29 is 14.3 Å². The van der Waals surface area contributed by atoms with Gasteiger partial charge in [0.2, 0.25) is 5.91 Å². The highest BCUT2D eigenvalue weighted by Crippen LogP contribution is 2.32. The fourth-order valence-electron chi connectivity index (χ4n) is 3.16. The van der Waals surface area contributed by atoms with Crippen molar-refractivity contribution in [1.29, 1.82) is 0 Å². The second-order valence-electron chi connectivity index (χ2n) is 6.65. The van der Waals surface area contributed by atoms with E-state index in [0.29, 0.717) is 18.2 Å². The van der Waals surface area contributed by atoms with Crippen LogP contribution in [-0.2, 0) is 22.7 Å². The summed E-state index contributed by atoms with van der Waals surface area (Å²) < 4.78 is 10.9. The topological polar surface area (TPSA) is 50.8 Å². The Kier molecular flexibility index (Phi) is 5.81. The van der Waals surface area contributed by atoms with Gasteiger partial charge in [0.1, 0.15) is 5.75 Å². The molecule has 138 valence electrons. The minimum absolute atomic E-state index is 0.0509. The van der Waals surface area contributed by atoms with Crippen LogP contribution in [0, 0.1) is 13.8 Å². The van der Waals surface area contributed by atoms with Gasteiger partial charge in [-0.3, -0.25) is 9.69 Å². The molecule has 0 fully saturated rings. The zero-order valence-corrected chi connectivity index (χ0v) is 16.0. The summed E-state index contributed by atoms with van der Waals surface area (Å²) in [5.41, 5.74) is 4.88. The van der Waals surface area contributed by atoms with Gasteiger partial charge in [0.25, 0.3) is 0 Å². The highest BCUT2D eigenvalue weighted by atomic mass is 35.5. The second kappa shape index (κ2) is 8.08. The smallest absolute Gasteiger partial charge is 0.238 e. The molecule has 0 radical (unpaired) electrons. The maximum atomic E-state index is 12.4. The van der Waals surface area contributed by atoms with E-state index in [9.17, 15) is 4.79 Å². The Morgan fingerprint density at radius 3 is 2.73 bits per heavy atom. The number of ether oxygens (including phenoxy) is 2. The zero-order valence-electron chi connectivity index (χ0n) is 15.3. The second-order valence-corrected chi connectivity index (χ2v) is 7.09. The summed E-state index contributed by atoms with van der Waals surface area (Å²) in [4.78, 5) is 14.4. The average molecular weight is 375 g/mol. The number of carbonyl (C=O) groups excluding carboxylic acids is 1. The van der Waals surface area contributed by atoms with Crippen LogP contribution in [-0.4, -0.2) is 31.2 Å². The van der Waals surface area contributed by atoms with E-state index in [1.54, 1.807) is 0 Å². The lowest BCUT2D eigenvalue weighted by Gasteiger charge is -2.24. The first-order valence-corrected chi connectivity index (χ1v) is 8.88. The standard InChI is InChI=1S/C20H23ClN2O3/c1-13-5-4-6-14(2)19(13)22-18(24)10-23(3)9-15-7-17(21)8-16-11-25-12-26-20(15)16/h4-8H,9-12H2,1-3H3,(H,22,24). The summed E-state index contributed by atoms with van der Waals surface area (Å²) in [5, 5.41) is 3.65. The van der Waals surface area contributed by atoms with Crippen LogP contribution in [0.4, 0.5) is 5.69 Å². The van der Waals surface area contributed by atoms with Crippen molar-refractivity contribution in [2.75, 3.05) is 25.7 Å². The predicted molar refractivity (Wildman–Crippen MR) is 103 cm³/mol. The van der Waals surface area contributed by atoms with E-state index in [2.05, 4.69) is 5.32 Å². The van der Waals surface area contributed by atoms with E-state index >= 15 is 0 Å². The lowest BCUT2D eigenvalue weighted by Crippen LogP contribution is -2.30. The molecular formula is C20H23ClN2O3. The van der Waals surface area contributed by atoms with Crippen LogP contribution in [0.5, 0.6) is 5.75 Å². The normalized spacial score (nSPS) is 13.3. The van der Waals surface area contributed by atoms with Crippen molar-refractivity contribution in [2.45, 2.75) is 27.0 Å². The molecule has 0 atom stereocenters. The maximum Gasteiger partial charge on any atom is 0.238 e. The number of aryl methyl sites for hydroxylation is 2. The number of hydrogen-bond donors (Lipinski definition) is 1. The molecule has 26 heavy (non-hydrogen) atoms. The minimum Gasteiger partial charge on any atom is -0.467 e. The third-order valence-electron chi connectivity index (χ3n) is 4.35. The van der Waals surface area contributed by atoms with E-state index in [1.807, 2.05) is 56.1 Å². The van der Waals surface area contributed by atoms with Gasteiger partial charge in [-0.2, -0.15) is 0 Å². The molecule has 3 rings (SSSR count). The molecule has 1 N–H and O–H groups in total. The number of rotatable bonds is 5. The van der Waals surface area contributed by atoms with Crippen LogP contribution in [0.15, 0.2) is 30.3 Å². The number of halogens is 1. The number of benzene rings is 2. The molecule has 0 saturated carbocycles. The molecule has 2 aromatic rings. The number of likely N-dealkylation sites (N-methyl/N-ethyl adjacent to an activating group) is 1. The van der Waals surface area contributed by atoms with Crippen molar-refractivity contribution in [2.24, 2.45) is 0 Å². The number of amides is 1. The Morgan fingerprint density at radius 2 is 2.00 bits per heavy atom. The molecule has 1 heterocycles. The van der Waals surface area contributed by atoms with E-state index in [-0.39, 0.29) is 19.2 Å². The molecular weight excluding hydrogens is 352 g/mol. The molecule has 1 aliphatic heterocycles. The summed E-state index contributed by atoms with van der Waals surface area (Å²) in [6.07, 6.45) is 0. The molecule has 0 aliphatic carbocycles. The fourth-order valence-corrected chi connectivity index (χ4v) is 3.42. The largest absolute Gasteiger partial charge is 0.467 e. The minimum atomic E-state index is -0.0509. The van der Waals surface area contributed by atoms with E-state index in [0.717, 1.165) is 33.7 Å². The van der Waals surface area contributed by atoms with Crippen molar-refractivity contribution >= 4 is 23.2 Å². The molecule has 0 aromatic heterocycles. The maximum absolute atomic E-state index is 12.4. The SMILES string of the molecule is Cc1cccc(C)c1NC(=O)CN(C)Cc1cc(Cl)cc2c1OCOC2. The van der Waals surface area contributed by atoms with Gasteiger partial charge in [0.15, 0.2) is 6.79 Å². The van der Waals surface area contributed by atoms with Gasteiger partial charge in [-0.05, 0) is 44.2 Å². The zero-order chi connectivity index (χ0) is 18.7. The molecule has 1 amide bonds. The first-order valence-electron chi connectivity index (χ1n) is 8.50. The van der Waals surface area contributed by atoms with Gasteiger partial charge in [-0.15, -0.1) is 0 Å². The third kappa shape index (κ3) is 4.36. The highest BCUT2D eigenvalue weighted by molar-refractivity contribution is 6.30. The molecule has 6 heteroatoms. The fraction of sp³-hybridized carbons (Fsp3) is 0.350. The first-order chi connectivity index (χ1) is 12.4. The monoisotopic (exact) mass is 374 g/mol. The van der Waals surface area contributed by atoms with Crippen molar-refractivity contribution in [3.05, 3.63) is 57.6 Å². The van der Waals surface area contributed by atoms with Crippen molar-refractivity contribution in [3.8, 4) is 5.75 Å². The van der Waals surface area contributed by atoms with E-state index < -0.39 is 0 Å². The molecule has 0 spiro atoms. The Labute approximate surface area is 158 Å². The Hall–Kier alpha value is -2.08. The van der Waals surface area contributed by atoms with Gasteiger partial charge < -0.3 is 14.8 Å². The van der Waals surface area contributed by atoms with E-state index in [1.165, 1.54) is 0 Å². The van der Waals surface area contributed by atoms with Crippen molar-refractivity contribution in [1.82, 2.24) is 4.90 Å². The van der Waals surface area contributed by atoms with Gasteiger partial charge in [-0.1, -0.05) is 29.8 Å². The number of nitrogens with zero attached hydrogens (tertiary/aromatic N) is 1. The number of nitrogens with one attached hydrogen (secondary N) is 1. The van der Waals surface area contributed by atoms with Gasteiger partial charge in [0, 0.05) is 28.4 Å². The van der Waals surface area contributed by atoms with Crippen LogP contribution < -0.4 is 10.1 Å². The lowest BCUT2D eigenvalue weighted by molar-refractivity contribution is -0.117. The van der Waals surface area contributed by atoms with Crippen LogP contribution in [0.3, 0.4) is 0 Å². The molecule has 2 aromatic carbocycles. The molecule has 0 bridgehead atoms. The lowest BCUT2D eigenvalue weighted by atomic mass is 10.1. The number of carbonyl (C=O) groups is 1. The van der Waals surface area contributed by atoms with Crippen LogP contribution in [0.25, 0.3) is 0 Å². The molecule has 0 saturated heterocycles.